The van der Waals surface area contributed by atoms with Crippen LogP contribution in [0.15, 0.2) is 33.9 Å². The summed E-state index contributed by atoms with van der Waals surface area (Å²) in [6.07, 6.45) is 0. The van der Waals surface area contributed by atoms with Crippen LogP contribution in [0.2, 0.25) is 0 Å². The Balaban J connectivity index is 1.41. The standard InChI is InChI=1S/C22H28N10O2S/c1-6-23-18-27-19(24-7-2)32-20(28-18)29-30-21(32)35-12-15(33)25-14-10-8-13(9-11-14)16-26-17(34-31-16)22(3,4)5/h8-11H,6-7,12H2,1-5H3,(H,25,33)(H2,23,24,27,28,29). The van der Waals surface area contributed by atoms with Crippen molar-refractivity contribution in [3.8, 4) is 11.4 Å². The zero-order valence-electron chi connectivity index (χ0n) is 20.3. The zero-order valence-corrected chi connectivity index (χ0v) is 21.1. The molecule has 3 aromatic heterocycles. The van der Waals surface area contributed by atoms with Crippen LogP contribution in [-0.2, 0) is 10.2 Å². The van der Waals surface area contributed by atoms with Crippen LogP contribution in [0.3, 0.4) is 0 Å². The normalized spacial score (nSPS) is 11.6. The third-order valence-corrected chi connectivity index (χ3v) is 5.67. The SMILES string of the molecule is CCNc1nc(NCC)n2c(SCC(=O)Nc3ccc(-c4noc(C(C)(C)C)n4)cc3)nnc2n1. The van der Waals surface area contributed by atoms with Crippen molar-refractivity contribution in [1.29, 1.82) is 0 Å². The highest BCUT2D eigenvalue weighted by Crippen LogP contribution is 2.25. The Morgan fingerprint density at radius 2 is 1.77 bits per heavy atom. The molecule has 0 unspecified atom stereocenters. The number of aromatic nitrogens is 7. The van der Waals surface area contributed by atoms with Gasteiger partial charge in [0.25, 0.3) is 5.78 Å². The van der Waals surface area contributed by atoms with Gasteiger partial charge < -0.3 is 20.5 Å². The fraction of sp³-hybridized carbons (Fsp3) is 0.409. The fourth-order valence-electron chi connectivity index (χ4n) is 3.07. The smallest absolute Gasteiger partial charge is 0.261 e. The van der Waals surface area contributed by atoms with Gasteiger partial charge in [0, 0.05) is 29.8 Å². The largest absolute Gasteiger partial charge is 0.355 e. The Kier molecular flexibility index (Phi) is 7.15. The highest BCUT2D eigenvalue weighted by atomic mass is 32.2. The van der Waals surface area contributed by atoms with Crippen molar-refractivity contribution in [3.63, 3.8) is 0 Å². The summed E-state index contributed by atoms with van der Waals surface area (Å²) < 4.78 is 7.06. The summed E-state index contributed by atoms with van der Waals surface area (Å²) in [6.45, 7) is 11.3. The van der Waals surface area contributed by atoms with Crippen molar-refractivity contribution in [2.45, 2.75) is 45.2 Å². The predicted molar refractivity (Wildman–Crippen MR) is 135 cm³/mol. The van der Waals surface area contributed by atoms with E-state index in [0.29, 0.717) is 53.3 Å². The van der Waals surface area contributed by atoms with E-state index < -0.39 is 0 Å². The van der Waals surface area contributed by atoms with Gasteiger partial charge in [-0.25, -0.2) is 4.40 Å². The predicted octanol–water partition coefficient (Wildman–Crippen LogP) is 3.46. The number of carbonyl (C=O) groups excluding carboxylic acids is 1. The van der Waals surface area contributed by atoms with Gasteiger partial charge in [0.2, 0.25) is 29.5 Å². The summed E-state index contributed by atoms with van der Waals surface area (Å²) in [4.78, 5) is 25.9. The number of hydrogen-bond acceptors (Lipinski definition) is 11. The topological polar surface area (TPSA) is 148 Å². The van der Waals surface area contributed by atoms with Crippen LogP contribution in [0.5, 0.6) is 0 Å². The molecule has 12 nitrogen and oxygen atoms in total. The molecule has 184 valence electrons. The van der Waals surface area contributed by atoms with E-state index in [2.05, 4.69) is 46.3 Å². The molecule has 0 aliphatic rings. The Labute approximate surface area is 206 Å². The number of fused-ring (bicyclic) bond motifs is 1. The minimum atomic E-state index is -0.222. The fourth-order valence-corrected chi connectivity index (χ4v) is 3.80. The second kappa shape index (κ2) is 10.3. The van der Waals surface area contributed by atoms with E-state index in [9.17, 15) is 4.79 Å². The molecule has 0 spiro atoms. The zero-order chi connectivity index (χ0) is 25.0. The summed E-state index contributed by atoms with van der Waals surface area (Å²) >= 11 is 1.25. The molecule has 13 heteroatoms. The summed E-state index contributed by atoms with van der Waals surface area (Å²) in [5.41, 5.74) is 1.25. The average Bonchev–Trinajstić information content (AvgIpc) is 3.46. The maximum atomic E-state index is 12.6. The van der Waals surface area contributed by atoms with E-state index in [1.807, 2.05) is 46.8 Å². The monoisotopic (exact) mass is 496 g/mol. The van der Waals surface area contributed by atoms with Crippen molar-refractivity contribution in [2.24, 2.45) is 0 Å². The molecule has 0 saturated heterocycles. The lowest BCUT2D eigenvalue weighted by Crippen LogP contribution is -2.15. The van der Waals surface area contributed by atoms with Gasteiger partial charge in [-0.1, -0.05) is 37.7 Å². The van der Waals surface area contributed by atoms with E-state index in [1.165, 1.54) is 11.8 Å². The number of thioether (sulfide) groups is 1. The second-order valence-corrected chi connectivity index (χ2v) is 9.58. The van der Waals surface area contributed by atoms with Crippen molar-refractivity contribution in [2.75, 3.05) is 34.8 Å². The van der Waals surface area contributed by atoms with Crippen LogP contribution in [0.25, 0.3) is 17.2 Å². The number of benzene rings is 1. The maximum absolute atomic E-state index is 12.6. The molecule has 0 fully saturated rings. The van der Waals surface area contributed by atoms with Crippen LogP contribution in [-0.4, -0.2) is 59.5 Å². The van der Waals surface area contributed by atoms with Gasteiger partial charge in [-0.05, 0) is 38.1 Å². The average molecular weight is 497 g/mol. The van der Waals surface area contributed by atoms with Gasteiger partial charge in [0.05, 0.1) is 5.75 Å². The van der Waals surface area contributed by atoms with Crippen molar-refractivity contribution in [3.05, 3.63) is 30.2 Å². The van der Waals surface area contributed by atoms with Gasteiger partial charge in [-0.15, -0.1) is 10.2 Å². The molecule has 4 rings (SSSR count). The highest BCUT2D eigenvalue weighted by Gasteiger charge is 2.22. The number of hydrogen-bond donors (Lipinski definition) is 3. The molecule has 0 atom stereocenters. The molecule has 4 aromatic rings. The van der Waals surface area contributed by atoms with Gasteiger partial charge in [-0.2, -0.15) is 15.0 Å². The molecule has 0 aliphatic heterocycles. The summed E-state index contributed by atoms with van der Waals surface area (Å²) in [7, 11) is 0. The molecule has 0 radical (unpaired) electrons. The molecular weight excluding hydrogens is 468 g/mol. The lowest BCUT2D eigenvalue weighted by molar-refractivity contribution is -0.113. The van der Waals surface area contributed by atoms with E-state index in [-0.39, 0.29) is 17.1 Å². The third-order valence-electron chi connectivity index (χ3n) is 4.74. The first-order chi connectivity index (χ1) is 16.8. The van der Waals surface area contributed by atoms with E-state index >= 15 is 0 Å². The van der Waals surface area contributed by atoms with Crippen LogP contribution in [0, 0.1) is 0 Å². The van der Waals surface area contributed by atoms with Gasteiger partial charge in [0.1, 0.15) is 0 Å². The van der Waals surface area contributed by atoms with Gasteiger partial charge in [0.15, 0.2) is 5.16 Å². The van der Waals surface area contributed by atoms with Crippen molar-refractivity contribution >= 4 is 41.0 Å². The Hall–Kier alpha value is -3.74. The number of rotatable bonds is 9. The molecular formula is C22H28N10O2S. The molecule has 1 aromatic carbocycles. The first-order valence-corrected chi connectivity index (χ1v) is 12.2. The summed E-state index contributed by atoms with van der Waals surface area (Å²) in [6, 6.07) is 7.29. The number of nitrogens with zero attached hydrogens (tertiary/aromatic N) is 7. The molecule has 0 aliphatic carbocycles. The second-order valence-electron chi connectivity index (χ2n) is 8.64. The Morgan fingerprint density at radius 1 is 1.03 bits per heavy atom. The van der Waals surface area contributed by atoms with Crippen molar-refractivity contribution in [1.82, 2.24) is 34.7 Å². The number of anilines is 3. The lowest BCUT2D eigenvalue weighted by Gasteiger charge is -2.10. The van der Waals surface area contributed by atoms with E-state index in [0.717, 1.165) is 5.56 Å². The van der Waals surface area contributed by atoms with Gasteiger partial charge in [-0.3, -0.25) is 4.79 Å². The van der Waals surface area contributed by atoms with Crippen LogP contribution in [0.1, 0.15) is 40.5 Å². The quantitative estimate of drug-likeness (QED) is 0.292. The Morgan fingerprint density at radius 3 is 2.43 bits per heavy atom. The van der Waals surface area contributed by atoms with Crippen LogP contribution < -0.4 is 16.0 Å². The molecule has 1 amide bonds. The summed E-state index contributed by atoms with van der Waals surface area (Å²) in [5, 5.41) is 22.1. The molecule has 35 heavy (non-hydrogen) atoms. The number of nitrogens with one attached hydrogen (secondary N) is 3. The first kappa shape index (κ1) is 24.4. The Bertz CT molecular complexity index is 1310. The third kappa shape index (κ3) is 5.67. The van der Waals surface area contributed by atoms with Crippen LogP contribution in [0.4, 0.5) is 17.6 Å². The molecule has 3 heterocycles. The summed E-state index contributed by atoms with van der Waals surface area (Å²) in [5.74, 6) is 2.49. The maximum Gasteiger partial charge on any atom is 0.261 e. The number of amides is 1. The minimum Gasteiger partial charge on any atom is -0.355 e. The first-order valence-electron chi connectivity index (χ1n) is 11.3. The minimum absolute atomic E-state index is 0.142. The van der Waals surface area contributed by atoms with E-state index in [4.69, 9.17) is 4.52 Å². The van der Waals surface area contributed by atoms with E-state index in [1.54, 1.807) is 16.5 Å². The highest BCUT2D eigenvalue weighted by molar-refractivity contribution is 7.99. The molecule has 3 N–H and O–H groups in total. The van der Waals surface area contributed by atoms with Crippen molar-refractivity contribution < 1.29 is 9.32 Å². The van der Waals surface area contributed by atoms with Crippen LogP contribution >= 0.6 is 11.8 Å². The van der Waals surface area contributed by atoms with Gasteiger partial charge >= 0.3 is 0 Å². The molecule has 0 bridgehead atoms. The number of carbonyl (C=O) groups is 1. The molecule has 0 saturated carbocycles. The lowest BCUT2D eigenvalue weighted by atomic mass is 9.97.